The average Bonchev–Trinajstić information content (AvgIpc) is 2.85. The number of carboxylic acid groups (broad SMARTS) is 1. The van der Waals surface area contributed by atoms with Crippen molar-refractivity contribution in [1.29, 1.82) is 0 Å². The summed E-state index contributed by atoms with van der Waals surface area (Å²) >= 11 is 0. The molecular formula is C27H31N3O4. The molecule has 0 atom stereocenters. The number of ether oxygens (including phenoxy) is 1. The molecule has 2 heterocycles. The molecule has 34 heavy (non-hydrogen) atoms. The third kappa shape index (κ3) is 5.31. The summed E-state index contributed by atoms with van der Waals surface area (Å²) in [6.07, 6.45) is 3.66. The maximum atomic E-state index is 12.8. The quantitative estimate of drug-likeness (QED) is 0.460. The van der Waals surface area contributed by atoms with Gasteiger partial charge in [0.1, 0.15) is 0 Å². The van der Waals surface area contributed by atoms with Crippen LogP contribution in [-0.2, 0) is 11.3 Å². The van der Waals surface area contributed by atoms with E-state index in [0.717, 1.165) is 29.7 Å². The molecule has 0 radical (unpaired) electrons. The van der Waals surface area contributed by atoms with Crippen molar-refractivity contribution in [3.63, 3.8) is 0 Å². The lowest BCUT2D eigenvalue weighted by Gasteiger charge is -2.44. The fraction of sp³-hybridized carbons (Fsp3) is 0.333. The highest BCUT2D eigenvalue weighted by atomic mass is 16.5. The number of fused-ring (bicyclic) bond motifs is 1. The van der Waals surface area contributed by atoms with E-state index in [1.54, 1.807) is 12.3 Å². The molecule has 178 valence electrons. The van der Waals surface area contributed by atoms with Crippen molar-refractivity contribution in [1.82, 2.24) is 9.58 Å². The molecule has 0 saturated heterocycles. The highest BCUT2D eigenvalue weighted by Crippen LogP contribution is 2.32. The largest absolute Gasteiger partial charge is 0.488 e. The summed E-state index contributed by atoms with van der Waals surface area (Å²) in [5, 5.41) is 11.5. The fourth-order valence-corrected chi connectivity index (χ4v) is 4.36. The summed E-state index contributed by atoms with van der Waals surface area (Å²) in [5.41, 5.74) is 2.80. The van der Waals surface area contributed by atoms with Gasteiger partial charge in [0.2, 0.25) is 5.43 Å². The van der Waals surface area contributed by atoms with Crippen LogP contribution in [0.1, 0.15) is 49.0 Å². The Kier molecular flexibility index (Phi) is 7.65. The zero-order valence-electron chi connectivity index (χ0n) is 19.5. The van der Waals surface area contributed by atoms with E-state index in [2.05, 4.69) is 41.1 Å². The van der Waals surface area contributed by atoms with Crippen LogP contribution >= 0.6 is 0 Å². The molecule has 0 bridgehead atoms. The standard InChI is InChI=1S/C27H31N3O4/c1-2-3-18-34-27-23-19-28(16-15-25(32)33)20-30(29(23)17-14-24(27)31)26(21-10-6-4-7-11-21)22-12-8-5-9-13-22/h4-14,17,26H,2-3,15-16,18-20H2,1H3,(H,32,33). The van der Waals surface area contributed by atoms with E-state index >= 15 is 0 Å². The smallest absolute Gasteiger partial charge is 0.304 e. The third-order valence-electron chi connectivity index (χ3n) is 6.04. The van der Waals surface area contributed by atoms with Crippen molar-refractivity contribution < 1.29 is 14.6 Å². The normalized spacial score (nSPS) is 13.6. The van der Waals surface area contributed by atoms with Gasteiger partial charge in [0.25, 0.3) is 0 Å². The predicted octanol–water partition coefficient (Wildman–Crippen LogP) is 4.00. The van der Waals surface area contributed by atoms with E-state index in [0.29, 0.717) is 32.1 Å². The van der Waals surface area contributed by atoms with Gasteiger partial charge in [-0.25, -0.2) is 0 Å². The highest BCUT2D eigenvalue weighted by molar-refractivity contribution is 5.66. The Bertz CT molecular complexity index is 1110. The Balaban J connectivity index is 1.82. The van der Waals surface area contributed by atoms with Crippen LogP contribution in [0.5, 0.6) is 5.75 Å². The highest BCUT2D eigenvalue weighted by Gasteiger charge is 2.32. The number of unbranched alkanes of at least 4 members (excludes halogenated alkanes) is 1. The number of hydrogen-bond acceptors (Lipinski definition) is 5. The Labute approximate surface area is 199 Å². The molecule has 7 heteroatoms. The Hall–Kier alpha value is -3.58. The third-order valence-corrected chi connectivity index (χ3v) is 6.04. The SMILES string of the molecule is CCCCOc1c2n(ccc1=O)N(C(c1ccccc1)c1ccccc1)CN(CCC(=O)O)C2. The summed E-state index contributed by atoms with van der Waals surface area (Å²) in [5.74, 6) is -0.495. The molecule has 7 nitrogen and oxygen atoms in total. The first-order chi connectivity index (χ1) is 16.6. The van der Waals surface area contributed by atoms with Crippen LogP contribution in [0.3, 0.4) is 0 Å². The van der Waals surface area contributed by atoms with E-state index < -0.39 is 5.97 Å². The topological polar surface area (TPSA) is 75.0 Å². The van der Waals surface area contributed by atoms with Gasteiger partial charge in [-0.15, -0.1) is 0 Å². The van der Waals surface area contributed by atoms with Crippen molar-refractivity contribution in [2.45, 2.75) is 38.8 Å². The van der Waals surface area contributed by atoms with Crippen molar-refractivity contribution in [3.05, 3.63) is 100.0 Å². The molecule has 0 saturated carbocycles. The number of carboxylic acids is 1. The molecule has 0 fully saturated rings. The number of aliphatic carboxylic acids is 1. The summed E-state index contributed by atoms with van der Waals surface area (Å²) in [6.45, 7) is 3.87. The molecule has 2 aromatic carbocycles. The molecule has 1 aliphatic rings. The number of rotatable bonds is 10. The van der Waals surface area contributed by atoms with Crippen molar-refractivity contribution in [3.8, 4) is 5.75 Å². The van der Waals surface area contributed by atoms with Gasteiger partial charge in [-0.05, 0) is 17.5 Å². The number of benzene rings is 2. The van der Waals surface area contributed by atoms with E-state index in [1.807, 2.05) is 41.1 Å². The van der Waals surface area contributed by atoms with Crippen molar-refractivity contribution >= 4 is 5.97 Å². The molecule has 0 unspecified atom stereocenters. The van der Waals surface area contributed by atoms with E-state index in [-0.39, 0.29) is 17.9 Å². The van der Waals surface area contributed by atoms with Crippen LogP contribution in [0.15, 0.2) is 77.7 Å². The molecule has 0 aliphatic carbocycles. The van der Waals surface area contributed by atoms with Crippen LogP contribution in [0.4, 0.5) is 0 Å². The number of pyridine rings is 1. The minimum absolute atomic E-state index is 0.0261. The molecule has 1 aromatic heterocycles. The zero-order valence-corrected chi connectivity index (χ0v) is 19.5. The van der Waals surface area contributed by atoms with Crippen LogP contribution in [0.25, 0.3) is 0 Å². The van der Waals surface area contributed by atoms with Gasteiger partial charge in [0.15, 0.2) is 5.75 Å². The van der Waals surface area contributed by atoms with Crippen molar-refractivity contribution in [2.24, 2.45) is 0 Å². The van der Waals surface area contributed by atoms with E-state index in [4.69, 9.17) is 4.74 Å². The molecule has 1 aliphatic heterocycles. The first-order valence-electron chi connectivity index (χ1n) is 11.8. The van der Waals surface area contributed by atoms with Gasteiger partial charge in [-0.2, -0.15) is 0 Å². The average molecular weight is 462 g/mol. The number of aromatic nitrogens is 1. The second kappa shape index (κ2) is 11.0. The van der Waals surface area contributed by atoms with Crippen LogP contribution in [0.2, 0.25) is 0 Å². The summed E-state index contributed by atoms with van der Waals surface area (Å²) in [4.78, 5) is 26.2. The summed E-state index contributed by atoms with van der Waals surface area (Å²) in [6, 6.07) is 21.8. The lowest BCUT2D eigenvalue weighted by molar-refractivity contribution is -0.137. The molecule has 0 spiro atoms. The first kappa shape index (κ1) is 23.6. The van der Waals surface area contributed by atoms with Gasteiger partial charge in [-0.3, -0.25) is 24.2 Å². The Morgan fingerprint density at radius 2 is 1.68 bits per heavy atom. The minimum atomic E-state index is -0.843. The lowest BCUT2D eigenvalue weighted by Crippen LogP contribution is -2.52. The second-order valence-electron chi connectivity index (χ2n) is 8.50. The van der Waals surface area contributed by atoms with Gasteiger partial charge >= 0.3 is 5.97 Å². The Morgan fingerprint density at radius 1 is 1.03 bits per heavy atom. The number of hydrogen-bond donors (Lipinski definition) is 1. The van der Waals surface area contributed by atoms with Gasteiger partial charge < -0.3 is 9.84 Å². The van der Waals surface area contributed by atoms with Crippen LogP contribution in [-0.4, -0.2) is 40.5 Å². The second-order valence-corrected chi connectivity index (χ2v) is 8.50. The molecule has 1 N–H and O–H groups in total. The maximum Gasteiger partial charge on any atom is 0.304 e. The van der Waals surface area contributed by atoms with Gasteiger partial charge in [0.05, 0.1) is 31.4 Å². The number of nitrogens with zero attached hydrogens (tertiary/aromatic N) is 3. The predicted molar refractivity (Wildman–Crippen MR) is 132 cm³/mol. The minimum Gasteiger partial charge on any atom is -0.488 e. The molecule has 3 aromatic rings. The molecule has 4 rings (SSSR count). The zero-order chi connectivity index (χ0) is 23.9. The van der Waals surface area contributed by atoms with Crippen LogP contribution in [0, 0.1) is 0 Å². The monoisotopic (exact) mass is 461 g/mol. The molecular weight excluding hydrogens is 430 g/mol. The fourth-order valence-electron chi connectivity index (χ4n) is 4.36. The lowest BCUT2D eigenvalue weighted by atomic mass is 9.98. The maximum absolute atomic E-state index is 12.8. The van der Waals surface area contributed by atoms with Crippen LogP contribution < -0.4 is 15.2 Å². The molecule has 0 amide bonds. The number of carbonyl (C=O) groups is 1. The summed E-state index contributed by atoms with van der Waals surface area (Å²) < 4.78 is 8.00. The first-order valence-corrected chi connectivity index (χ1v) is 11.8. The van der Waals surface area contributed by atoms with Gasteiger partial charge in [-0.1, -0.05) is 74.0 Å². The Morgan fingerprint density at radius 3 is 2.26 bits per heavy atom. The summed E-state index contributed by atoms with van der Waals surface area (Å²) in [7, 11) is 0. The van der Waals surface area contributed by atoms with Gasteiger partial charge in [0, 0.05) is 25.4 Å². The van der Waals surface area contributed by atoms with E-state index in [9.17, 15) is 14.7 Å². The van der Waals surface area contributed by atoms with E-state index in [1.165, 1.54) is 0 Å². The van der Waals surface area contributed by atoms with Crippen molar-refractivity contribution in [2.75, 3.05) is 24.8 Å².